The number of benzene rings is 1. The first-order chi connectivity index (χ1) is 8.74. The number of carbonyl (C=O) groups is 1. The van der Waals surface area contributed by atoms with E-state index in [-0.39, 0.29) is 6.03 Å². The van der Waals surface area contributed by atoms with Crippen LogP contribution in [0.25, 0.3) is 0 Å². The maximum atomic E-state index is 12.1. The molecule has 1 aliphatic rings. The third kappa shape index (κ3) is 1.93. The summed E-state index contributed by atoms with van der Waals surface area (Å²) in [5.74, 6) is 0.336. The van der Waals surface area contributed by atoms with Crippen LogP contribution in [0.15, 0.2) is 35.0 Å². The molecule has 2 amide bonds. The molecule has 1 aromatic heterocycles. The van der Waals surface area contributed by atoms with Gasteiger partial charge in [0.2, 0.25) is 5.88 Å². The molecule has 0 saturated carbocycles. The van der Waals surface area contributed by atoms with Gasteiger partial charge in [0, 0.05) is 23.3 Å². The molecule has 3 rings (SSSR count). The highest BCUT2D eigenvalue weighted by molar-refractivity contribution is 6.30. The number of amides is 2. The summed E-state index contributed by atoms with van der Waals surface area (Å²) in [6.45, 7) is 0.635. The molecule has 1 aromatic carbocycles. The number of hydrogen-bond donors (Lipinski definition) is 1. The van der Waals surface area contributed by atoms with Gasteiger partial charge < -0.3 is 4.52 Å². The van der Waals surface area contributed by atoms with E-state index in [1.165, 1.54) is 6.20 Å². The molecule has 0 spiro atoms. The molecule has 0 aliphatic carbocycles. The van der Waals surface area contributed by atoms with Gasteiger partial charge in [-0.1, -0.05) is 16.8 Å². The lowest BCUT2D eigenvalue weighted by atomic mass is 10.2. The summed E-state index contributed by atoms with van der Waals surface area (Å²) < 4.78 is 4.84. The fourth-order valence-electron chi connectivity index (χ4n) is 2.03. The van der Waals surface area contributed by atoms with Crippen LogP contribution >= 0.6 is 11.6 Å². The van der Waals surface area contributed by atoms with Crippen LogP contribution in [0.1, 0.15) is 5.56 Å². The van der Waals surface area contributed by atoms with Crippen LogP contribution < -0.4 is 10.2 Å². The maximum Gasteiger partial charge on any atom is 0.328 e. The van der Waals surface area contributed by atoms with Gasteiger partial charge in [-0.05, 0) is 30.2 Å². The van der Waals surface area contributed by atoms with E-state index in [9.17, 15) is 4.79 Å². The first kappa shape index (κ1) is 11.1. The quantitative estimate of drug-likeness (QED) is 0.861. The Hall–Kier alpha value is -2.01. The molecular formula is C12H10ClN3O2. The van der Waals surface area contributed by atoms with E-state index >= 15 is 0 Å². The number of rotatable bonds is 1. The molecule has 2 heterocycles. The molecule has 0 unspecified atom stereocenters. The summed E-state index contributed by atoms with van der Waals surface area (Å²) in [4.78, 5) is 13.7. The predicted octanol–water partition coefficient (Wildman–Crippen LogP) is 2.92. The molecule has 1 N–H and O–H groups in total. The van der Waals surface area contributed by atoms with Crippen molar-refractivity contribution in [1.29, 1.82) is 0 Å². The third-order valence-corrected chi connectivity index (χ3v) is 3.09. The molecule has 2 aromatic rings. The summed E-state index contributed by atoms with van der Waals surface area (Å²) >= 11 is 5.92. The standard InChI is InChI=1S/C12H10ClN3O2/c13-9-1-2-10-8(7-9)4-6-16(10)12(17)15-11-3-5-14-18-11/h1-3,5,7H,4,6H2,(H,15,17). The number of carbonyl (C=O) groups excluding carboxylic acids is 1. The zero-order chi connectivity index (χ0) is 12.5. The van der Waals surface area contributed by atoms with Gasteiger partial charge in [0.1, 0.15) is 0 Å². The van der Waals surface area contributed by atoms with Gasteiger partial charge in [-0.25, -0.2) is 4.79 Å². The van der Waals surface area contributed by atoms with Crippen LogP contribution in [-0.4, -0.2) is 17.7 Å². The van der Waals surface area contributed by atoms with Crippen LogP contribution in [0, 0.1) is 0 Å². The zero-order valence-corrected chi connectivity index (χ0v) is 10.1. The number of halogens is 1. The molecule has 18 heavy (non-hydrogen) atoms. The minimum Gasteiger partial charge on any atom is -0.338 e. The number of aromatic nitrogens is 1. The number of nitrogens with zero attached hydrogens (tertiary/aromatic N) is 2. The Bertz CT molecular complexity index is 583. The Morgan fingerprint density at radius 2 is 2.33 bits per heavy atom. The van der Waals surface area contributed by atoms with Crippen molar-refractivity contribution >= 4 is 29.2 Å². The smallest absolute Gasteiger partial charge is 0.328 e. The SMILES string of the molecule is O=C(Nc1ccno1)N1CCc2cc(Cl)ccc21. The highest BCUT2D eigenvalue weighted by atomic mass is 35.5. The van der Waals surface area contributed by atoms with Crippen molar-refractivity contribution in [3.8, 4) is 0 Å². The van der Waals surface area contributed by atoms with E-state index in [0.29, 0.717) is 17.5 Å². The molecule has 0 atom stereocenters. The summed E-state index contributed by atoms with van der Waals surface area (Å²) in [6, 6.07) is 6.88. The Morgan fingerprint density at radius 1 is 1.44 bits per heavy atom. The van der Waals surface area contributed by atoms with Crippen LogP contribution in [0.5, 0.6) is 0 Å². The van der Waals surface area contributed by atoms with E-state index in [0.717, 1.165) is 17.7 Å². The van der Waals surface area contributed by atoms with Gasteiger partial charge in [-0.3, -0.25) is 10.2 Å². The highest BCUT2D eigenvalue weighted by Crippen LogP contribution is 2.30. The second-order valence-electron chi connectivity index (χ2n) is 3.98. The number of hydrogen-bond acceptors (Lipinski definition) is 3. The predicted molar refractivity (Wildman–Crippen MR) is 68.0 cm³/mol. The van der Waals surface area contributed by atoms with E-state index in [4.69, 9.17) is 16.1 Å². The van der Waals surface area contributed by atoms with Crippen molar-refractivity contribution in [3.63, 3.8) is 0 Å². The van der Waals surface area contributed by atoms with Crippen molar-refractivity contribution < 1.29 is 9.32 Å². The van der Waals surface area contributed by atoms with Gasteiger partial charge in [0.25, 0.3) is 0 Å². The summed E-state index contributed by atoms with van der Waals surface area (Å²) in [6.07, 6.45) is 2.28. The van der Waals surface area contributed by atoms with Gasteiger partial charge in [-0.15, -0.1) is 0 Å². The van der Waals surface area contributed by atoms with Crippen LogP contribution in [0.2, 0.25) is 5.02 Å². The normalized spacial score (nSPS) is 13.5. The molecule has 0 saturated heterocycles. The van der Waals surface area contributed by atoms with Crippen molar-refractivity contribution in [2.45, 2.75) is 6.42 Å². The molecule has 6 heteroatoms. The monoisotopic (exact) mass is 263 g/mol. The van der Waals surface area contributed by atoms with Gasteiger partial charge in [0.15, 0.2) is 0 Å². The van der Waals surface area contributed by atoms with E-state index < -0.39 is 0 Å². The fraction of sp³-hybridized carbons (Fsp3) is 0.167. The number of anilines is 2. The van der Waals surface area contributed by atoms with Crippen molar-refractivity contribution in [3.05, 3.63) is 41.0 Å². The Labute approximate surface area is 108 Å². The molecule has 0 bridgehead atoms. The lowest BCUT2D eigenvalue weighted by Crippen LogP contribution is -2.33. The summed E-state index contributed by atoms with van der Waals surface area (Å²) in [5.41, 5.74) is 1.96. The van der Waals surface area contributed by atoms with Crippen molar-refractivity contribution in [2.24, 2.45) is 0 Å². The molecule has 92 valence electrons. The lowest BCUT2D eigenvalue weighted by Gasteiger charge is -2.16. The second kappa shape index (κ2) is 4.34. The minimum atomic E-state index is -0.229. The van der Waals surface area contributed by atoms with Crippen molar-refractivity contribution in [1.82, 2.24) is 5.16 Å². The maximum absolute atomic E-state index is 12.1. The first-order valence-corrected chi connectivity index (χ1v) is 5.89. The van der Waals surface area contributed by atoms with Crippen LogP contribution in [-0.2, 0) is 6.42 Å². The summed E-state index contributed by atoms with van der Waals surface area (Å²) in [7, 11) is 0. The van der Waals surface area contributed by atoms with Gasteiger partial charge in [-0.2, -0.15) is 0 Å². The van der Waals surface area contributed by atoms with Gasteiger partial charge in [0.05, 0.1) is 6.20 Å². The van der Waals surface area contributed by atoms with Crippen molar-refractivity contribution in [2.75, 3.05) is 16.8 Å². The Balaban J connectivity index is 1.81. The van der Waals surface area contributed by atoms with E-state index in [1.54, 1.807) is 17.0 Å². The largest absolute Gasteiger partial charge is 0.338 e. The Kier molecular flexibility index (Phi) is 2.68. The topological polar surface area (TPSA) is 58.4 Å². The number of urea groups is 1. The average Bonchev–Trinajstić information content (AvgIpc) is 2.97. The first-order valence-electron chi connectivity index (χ1n) is 5.52. The zero-order valence-electron chi connectivity index (χ0n) is 9.39. The lowest BCUT2D eigenvalue weighted by molar-refractivity contribution is 0.256. The average molecular weight is 264 g/mol. The number of nitrogens with one attached hydrogen (secondary N) is 1. The second-order valence-corrected chi connectivity index (χ2v) is 4.42. The molecular weight excluding hydrogens is 254 g/mol. The number of fused-ring (bicyclic) bond motifs is 1. The molecule has 0 radical (unpaired) electrons. The van der Waals surface area contributed by atoms with Crippen LogP contribution in [0.4, 0.5) is 16.4 Å². The van der Waals surface area contributed by atoms with E-state index in [1.807, 2.05) is 12.1 Å². The molecule has 1 aliphatic heterocycles. The summed E-state index contributed by atoms with van der Waals surface area (Å²) in [5, 5.41) is 6.86. The molecule has 0 fully saturated rings. The fourth-order valence-corrected chi connectivity index (χ4v) is 2.23. The van der Waals surface area contributed by atoms with E-state index in [2.05, 4.69) is 10.5 Å². The third-order valence-electron chi connectivity index (χ3n) is 2.85. The van der Waals surface area contributed by atoms with Gasteiger partial charge >= 0.3 is 6.03 Å². The minimum absolute atomic E-state index is 0.229. The van der Waals surface area contributed by atoms with Crippen LogP contribution in [0.3, 0.4) is 0 Å². The molecule has 5 nitrogen and oxygen atoms in total. The highest BCUT2D eigenvalue weighted by Gasteiger charge is 2.25. The Morgan fingerprint density at radius 3 is 3.11 bits per heavy atom.